The zero-order valence-corrected chi connectivity index (χ0v) is 17.3. The Labute approximate surface area is 169 Å². The van der Waals surface area contributed by atoms with Gasteiger partial charge >= 0.3 is 17.9 Å². The molecular formula is C20H28N2O5S. The first-order valence-corrected chi connectivity index (χ1v) is 10.5. The number of nitrogens with two attached hydrogens (primary N) is 1. The van der Waals surface area contributed by atoms with Crippen LogP contribution in [0.25, 0.3) is 0 Å². The minimum atomic E-state index is -1.23. The standard InChI is InChI=1S/C20H28N2O5S/c1-19(2)12-4-6-20(3,9-12)18(19)27-15(23)8-14(21)17(25)26-16(24)10-22-13-5-7-28-11-13/h5,7,11-12,14,18,22H,4,6,8-10,21H2,1-3H3/t12?,14-,18?,20?/m0/s1. The molecule has 2 bridgehead atoms. The molecule has 8 heteroatoms. The van der Waals surface area contributed by atoms with Crippen molar-refractivity contribution in [2.24, 2.45) is 22.5 Å². The van der Waals surface area contributed by atoms with Crippen LogP contribution in [0.2, 0.25) is 0 Å². The van der Waals surface area contributed by atoms with E-state index in [1.54, 1.807) is 6.07 Å². The summed E-state index contributed by atoms with van der Waals surface area (Å²) in [5.41, 5.74) is 6.43. The average Bonchev–Trinajstić information content (AvgIpc) is 3.30. The normalized spacial score (nSPS) is 28.6. The molecule has 2 aliphatic rings. The molecule has 0 saturated heterocycles. The molecule has 1 aromatic rings. The van der Waals surface area contributed by atoms with Crippen molar-refractivity contribution < 1.29 is 23.9 Å². The summed E-state index contributed by atoms with van der Waals surface area (Å²) < 4.78 is 10.5. The van der Waals surface area contributed by atoms with Crippen molar-refractivity contribution in [1.29, 1.82) is 0 Å². The van der Waals surface area contributed by atoms with Crippen LogP contribution < -0.4 is 11.1 Å². The highest BCUT2D eigenvalue weighted by Gasteiger charge is 2.61. The molecule has 0 spiro atoms. The third kappa shape index (κ3) is 4.22. The number of hydrogen-bond acceptors (Lipinski definition) is 8. The number of nitrogens with one attached hydrogen (secondary N) is 1. The number of fused-ring (bicyclic) bond motifs is 2. The highest BCUT2D eigenvalue weighted by molar-refractivity contribution is 7.08. The molecule has 1 heterocycles. The van der Waals surface area contributed by atoms with Crippen LogP contribution >= 0.6 is 11.3 Å². The third-order valence-electron chi connectivity index (χ3n) is 6.25. The van der Waals surface area contributed by atoms with Crippen LogP contribution in [0.3, 0.4) is 0 Å². The smallest absolute Gasteiger partial charge is 0.333 e. The molecule has 3 N–H and O–H groups in total. The van der Waals surface area contributed by atoms with Crippen LogP contribution in [0.1, 0.15) is 46.5 Å². The molecule has 0 radical (unpaired) electrons. The minimum absolute atomic E-state index is 0.0161. The van der Waals surface area contributed by atoms with E-state index in [4.69, 9.17) is 15.2 Å². The molecular weight excluding hydrogens is 380 g/mol. The van der Waals surface area contributed by atoms with Crippen LogP contribution in [-0.4, -0.2) is 36.6 Å². The van der Waals surface area contributed by atoms with Gasteiger partial charge in [0.2, 0.25) is 0 Å². The Morgan fingerprint density at radius 3 is 2.68 bits per heavy atom. The average molecular weight is 409 g/mol. The number of ether oxygens (including phenoxy) is 2. The Hall–Kier alpha value is -1.93. The molecule has 0 aromatic carbocycles. The molecule has 0 aliphatic heterocycles. The van der Waals surface area contributed by atoms with Gasteiger partial charge < -0.3 is 20.5 Å². The van der Waals surface area contributed by atoms with Crippen molar-refractivity contribution in [1.82, 2.24) is 0 Å². The van der Waals surface area contributed by atoms with Gasteiger partial charge in [-0.15, -0.1) is 0 Å². The fraction of sp³-hybridized carbons (Fsp3) is 0.650. The zero-order valence-electron chi connectivity index (χ0n) is 16.5. The summed E-state index contributed by atoms with van der Waals surface area (Å²) in [5.74, 6) is -1.66. The van der Waals surface area contributed by atoms with Gasteiger partial charge in [0.15, 0.2) is 0 Å². The molecule has 7 nitrogen and oxygen atoms in total. The number of esters is 3. The second kappa shape index (κ2) is 7.83. The minimum Gasteiger partial charge on any atom is -0.461 e. The van der Waals surface area contributed by atoms with Gasteiger partial charge in [0, 0.05) is 21.9 Å². The summed E-state index contributed by atoms with van der Waals surface area (Å²) in [6.45, 7) is 6.27. The summed E-state index contributed by atoms with van der Waals surface area (Å²) in [6, 6.07) is 0.575. The second-order valence-corrected chi connectivity index (χ2v) is 9.53. The Balaban J connectivity index is 1.46. The van der Waals surface area contributed by atoms with E-state index >= 15 is 0 Å². The van der Waals surface area contributed by atoms with E-state index in [-0.39, 0.29) is 29.9 Å². The first-order valence-electron chi connectivity index (χ1n) is 9.57. The van der Waals surface area contributed by atoms with Crippen molar-refractivity contribution in [3.05, 3.63) is 16.8 Å². The molecule has 28 heavy (non-hydrogen) atoms. The van der Waals surface area contributed by atoms with Gasteiger partial charge in [-0.2, -0.15) is 11.3 Å². The lowest BCUT2D eigenvalue weighted by atomic mass is 9.70. The molecule has 3 unspecified atom stereocenters. The molecule has 2 saturated carbocycles. The monoisotopic (exact) mass is 408 g/mol. The maximum atomic E-state index is 12.4. The Bertz CT molecular complexity index is 743. The molecule has 2 fully saturated rings. The quantitative estimate of drug-likeness (QED) is 0.527. The molecule has 4 atom stereocenters. The first kappa shape index (κ1) is 20.8. The zero-order chi connectivity index (χ0) is 20.5. The van der Waals surface area contributed by atoms with Gasteiger partial charge in [-0.1, -0.05) is 20.8 Å². The topological polar surface area (TPSA) is 108 Å². The van der Waals surface area contributed by atoms with Gasteiger partial charge in [0.1, 0.15) is 18.7 Å². The number of hydrogen-bond donors (Lipinski definition) is 2. The summed E-state index contributed by atoms with van der Waals surface area (Å²) >= 11 is 1.48. The van der Waals surface area contributed by atoms with Crippen molar-refractivity contribution >= 4 is 34.9 Å². The largest absolute Gasteiger partial charge is 0.461 e. The van der Waals surface area contributed by atoms with Crippen molar-refractivity contribution in [2.75, 3.05) is 11.9 Å². The lowest BCUT2D eigenvalue weighted by Gasteiger charge is -2.41. The van der Waals surface area contributed by atoms with E-state index in [9.17, 15) is 14.4 Å². The van der Waals surface area contributed by atoms with Gasteiger partial charge in [0.05, 0.1) is 6.42 Å². The van der Waals surface area contributed by atoms with Gasteiger partial charge in [-0.3, -0.25) is 4.79 Å². The number of thiophene rings is 1. The number of carbonyl (C=O) groups excluding carboxylic acids is 3. The van der Waals surface area contributed by atoms with Crippen molar-refractivity contribution in [3.63, 3.8) is 0 Å². The summed E-state index contributed by atoms with van der Waals surface area (Å²) in [4.78, 5) is 36.1. The lowest BCUT2D eigenvalue weighted by molar-refractivity contribution is -0.169. The first-order chi connectivity index (χ1) is 13.1. The maximum Gasteiger partial charge on any atom is 0.333 e. The van der Waals surface area contributed by atoms with Crippen LogP contribution in [0.15, 0.2) is 16.8 Å². The van der Waals surface area contributed by atoms with E-state index in [0.29, 0.717) is 5.92 Å². The number of anilines is 1. The fourth-order valence-corrected chi connectivity index (χ4v) is 5.37. The van der Waals surface area contributed by atoms with E-state index in [2.05, 4.69) is 26.1 Å². The number of rotatable bonds is 7. The number of carbonyl (C=O) groups is 3. The molecule has 0 amide bonds. The second-order valence-electron chi connectivity index (χ2n) is 8.75. The van der Waals surface area contributed by atoms with Crippen LogP contribution in [-0.2, 0) is 23.9 Å². The highest BCUT2D eigenvalue weighted by Crippen LogP contribution is 2.63. The van der Waals surface area contributed by atoms with E-state index in [1.807, 2.05) is 10.8 Å². The predicted molar refractivity (Wildman–Crippen MR) is 106 cm³/mol. The lowest BCUT2D eigenvalue weighted by Crippen LogP contribution is -2.45. The molecule has 3 rings (SSSR count). The van der Waals surface area contributed by atoms with E-state index in [0.717, 1.165) is 24.9 Å². The van der Waals surface area contributed by atoms with Gasteiger partial charge in [-0.05, 0) is 36.6 Å². The Kier molecular flexibility index (Phi) is 5.82. The molecule has 1 aromatic heterocycles. The SMILES string of the molecule is CC12CCC(C1)C(C)(C)C2OC(=O)C[C@H](N)C(=O)OC(=O)CNc1ccsc1. The van der Waals surface area contributed by atoms with E-state index < -0.39 is 23.9 Å². The van der Waals surface area contributed by atoms with Crippen LogP contribution in [0.5, 0.6) is 0 Å². The third-order valence-corrected chi connectivity index (χ3v) is 6.93. The Morgan fingerprint density at radius 2 is 2.07 bits per heavy atom. The maximum absolute atomic E-state index is 12.4. The highest BCUT2D eigenvalue weighted by atomic mass is 32.1. The van der Waals surface area contributed by atoms with E-state index in [1.165, 1.54) is 11.3 Å². The molecule has 2 aliphatic carbocycles. The summed E-state index contributed by atoms with van der Waals surface area (Å²) in [6.07, 6.45) is 2.75. The molecule has 154 valence electrons. The van der Waals surface area contributed by atoms with Gasteiger partial charge in [0.25, 0.3) is 0 Å². The Morgan fingerprint density at radius 1 is 1.32 bits per heavy atom. The summed E-state index contributed by atoms with van der Waals surface area (Å²) in [5, 5.41) is 6.52. The van der Waals surface area contributed by atoms with Crippen molar-refractivity contribution in [2.45, 2.75) is 58.6 Å². The van der Waals surface area contributed by atoms with Crippen molar-refractivity contribution in [3.8, 4) is 0 Å². The van der Waals surface area contributed by atoms with Crippen LogP contribution in [0, 0.1) is 16.7 Å². The summed E-state index contributed by atoms with van der Waals surface area (Å²) in [7, 11) is 0. The fourth-order valence-electron chi connectivity index (χ4n) is 4.76. The van der Waals surface area contributed by atoms with Gasteiger partial charge in [-0.25, -0.2) is 9.59 Å². The predicted octanol–water partition coefficient (Wildman–Crippen LogP) is 2.71. The van der Waals surface area contributed by atoms with Crippen LogP contribution in [0.4, 0.5) is 5.69 Å².